The molecule has 2 aromatic rings. The summed E-state index contributed by atoms with van der Waals surface area (Å²) in [5.74, 6) is 0.711. The SMILES string of the molecule is CC(NC(=O)C1(N)C2CCCOC2C1(C)C)c1cc2ccccc2o1. The number of benzene rings is 1. The van der Waals surface area contributed by atoms with Crippen molar-refractivity contribution in [2.24, 2.45) is 17.1 Å². The van der Waals surface area contributed by atoms with E-state index in [0.717, 1.165) is 36.2 Å². The monoisotopic (exact) mass is 342 g/mol. The van der Waals surface area contributed by atoms with Crippen LogP contribution in [0.15, 0.2) is 34.7 Å². The molecule has 3 N–H and O–H groups in total. The molecule has 1 saturated heterocycles. The Labute approximate surface area is 147 Å². The molecule has 0 bridgehead atoms. The van der Waals surface area contributed by atoms with Crippen LogP contribution in [0.5, 0.6) is 0 Å². The molecule has 5 nitrogen and oxygen atoms in total. The van der Waals surface area contributed by atoms with E-state index in [1.165, 1.54) is 0 Å². The van der Waals surface area contributed by atoms with Crippen LogP contribution < -0.4 is 11.1 Å². The summed E-state index contributed by atoms with van der Waals surface area (Å²) in [6.45, 7) is 6.76. The van der Waals surface area contributed by atoms with Crippen LogP contribution >= 0.6 is 0 Å². The quantitative estimate of drug-likeness (QED) is 0.898. The van der Waals surface area contributed by atoms with E-state index in [4.69, 9.17) is 14.9 Å². The van der Waals surface area contributed by atoms with E-state index in [1.807, 2.05) is 51.1 Å². The van der Waals surface area contributed by atoms with Crippen LogP contribution in [0, 0.1) is 11.3 Å². The molecule has 25 heavy (non-hydrogen) atoms. The Morgan fingerprint density at radius 2 is 2.12 bits per heavy atom. The van der Waals surface area contributed by atoms with Gasteiger partial charge in [-0.15, -0.1) is 0 Å². The number of furan rings is 1. The highest BCUT2D eigenvalue weighted by atomic mass is 16.5. The molecule has 4 rings (SSSR count). The highest BCUT2D eigenvalue weighted by Gasteiger charge is 2.70. The number of nitrogens with two attached hydrogens (primary N) is 1. The van der Waals surface area contributed by atoms with Crippen molar-refractivity contribution in [3.8, 4) is 0 Å². The maximum atomic E-state index is 13.1. The Kier molecular flexibility index (Phi) is 3.71. The zero-order chi connectivity index (χ0) is 17.8. The molecule has 5 heteroatoms. The fourth-order valence-corrected chi connectivity index (χ4v) is 4.64. The summed E-state index contributed by atoms with van der Waals surface area (Å²) in [5, 5.41) is 4.11. The molecule has 1 saturated carbocycles. The van der Waals surface area contributed by atoms with E-state index < -0.39 is 5.54 Å². The minimum Gasteiger partial charge on any atom is -0.459 e. The van der Waals surface area contributed by atoms with Crippen molar-refractivity contribution in [1.29, 1.82) is 0 Å². The van der Waals surface area contributed by atoms with Crippen molar-refractivity contribution in [3.63, 3.8) is 0 Å². The van der Waals surface area contributed by atoms with Crippen molar-refractivity contribution in [2.75, 3.05) is 6.61 Å². The average Bonchev–Trinajstić information content (AvgIpc) is 3.05. The summed E-state index contributed by atoms with van der Waals surface area (Å²) in [6, 6.07) is 9.58. The normalized spacial score (nSPS) is 31.8. The van der Waals surface area contributed by atoms with Gasteiger partial charge in [-0.3, -0.25) is 4.79 Å². The van der Waals surface area contributed by atoms with Crippen LogP contribution in [-0.4, -0.2) is 24.2 Å². The standard InChI is InChI=1S/C20H26N2O3/c1-12(16-11-13-7-4-5-9-15(13)25-16)22-18(23)20(21)14-8-6-10-24-17(14)19(20,2)3/h4-5,7,9,11-12,14,17H,6,8,10,21H2,1-3H3,(H,22,23). The predicted octanol–water partition coefficient (Wildman–Crippen LogP) is 3.14. The molecule has 1 aliphatic carbocycles. The molecule has 0 radical (unpaired) electrons. The van der Waals surface area contributed by atoms with E-state index >= 15 is 0 Å². The smallest absolute Gasteiger partial charge is 0.241 e. The van der Waals surface area contributed by atoms with E-state index in [-0.39, 0.29) is 29.4 Å². The second kappa shape index (κ2) is 5.58. The van der Waals surface area contributed by atoms with Crippen molar-refractivity contribution in [1.82, 2.24) is 5.32 Å². The van der Waals surface area contributed by atoms with Gasteiger partial charge in [-0.2, -0.15) is 0 Å². The van der Waals surface area contributed by atoms with Gasteiger partial charge in [0.05, 0.1) is 12.1 Å². The third-order valence-corrected chi connectivity index (χ3v) is 6.28. The number of carbonyl (C=O) groups excluding carboxylic acids is 1. The van der Waals surface area contributed by atoms with Crippen molar-refractivity contribution >= 4 is 16.9 Å². The Morgan fingerprint density at radius 1 is 1.36 bits per heavy atom. The summed E-state index contributed by atoms with van der Waals surface area (Å²) in [4.78, 5) is 13.1. The maximum Gasteiger partial charge on any atom is 0.241 e. The maximum absolute atomic E-state index is 13.1. The van der Waals surface area contributed by atoms with E-state index in [1.54, 1.807) is 0 Å². The van der Waals surface area contributed by atoms with E-state index in [9.17, 15) is 4.79 Å². The summed E-state index contributed by atoms with van der Waals surface area (Å²) in [7, 11) is 0. The number of hydrogen-bond donors (Lipinski definition) is 2. The minimum absolute atomic E-state index is 0.0681. The minimum atomic E-state index is -0.904. The predicted molar refractivity (Wildman–Crippen MR) is 95.9 cm³/mol. The van der Waals surface area contributed by atoms with Crippen LogP contribution in [0.25, 0.3) is 11.0 Å². The van der Waals surface area contributed by atoms with Gasteiger partial charge in [0.15, 0.2) is 0 Å². The zero-order valence-corrected chi connectivity index (χ0v) is 15.0. The topological polar surface area (TPSA) is 77.5 Å². The van der Waals surface area contributed by atoms with Gasteiger partial charge < -0.3 is 20.2 Å². The Hall–Kier alpha value is -1.85. The molecule has 1 aliphatic heterocycles. The molecule has 2 aliphatic rings. The molecular weight excluding hydrogens is 316 g/mol. The fraction of sp³-hybridized carbons (Fsp3) is 0.550. The summed E-state index contributed by atoms with van der Waals surface area (Å²) in [6.07, 6.45) is 1.97. The number of carbonyl (C=O) groups is 1. The van der Waals surface area contributed by atoms with Crippen LogP contribution in [-0.2, 0) is 9.53 Å². The van der Waals surface area contributed by atoms with Crippen molar-refractivity contribution in [3.05, 3.63) is 36.1 Å². The van der Waals surface area contributed by atoms with Gasteiger partial charge in [0.2, 0.25) is 5.91 Å². The van der Waals surface area contributed by atoms with Crippen LogP contribution in [0.1, 0.15) is 45.4 Å². The average molecular weight is 342 g/mol. The first-order chi connectivity index (χ1) is 11.9. The lowest BCUT2D eigenvalue weighted by atomic mass is 9.46. The molecule has 134 valence electrons. The lowest BCUT2D eigenvalue weighted by Gasteiger charge is -2.65. The number of nitrogens with one attached hydrogen (secondary N) is 1. The largest absolute Gasteiger partial charge is 0.459 e. The summed E-state index contributed by atoms with van der Waals surface area (Å²) >= 11 is 0. The molecule has 0 spiro atoms. The molecule has 2 fully saturated rings. The van der Waals surface area contributed by atoms with Crippen LogP contribution in [0.4, 0.5) is 0 Å². The number of ether oxygens (including phenoxy) is 1. The second-order valence-electron chi connectivity index (χ2n) is 8.01. The van der Waals surface area contributed by atoms with Gasteiger partial charge in [-0.25, -0.2) is 0 Å². The lowest BCUT2D eigenvalue weighted by Crippen LogP contribution is -2.82. The molecule has 1 aromatic heterocycles. The molecule has 4 atom stereocenters. The van der Waals surface area contributed by atoms with Gasteiger partial charge >= 0.3 is 0 Å². The molecule has 4 unspecified atom stereocenters. The first-order valence-corrected chi connectivity index (χ1v) is 9.05. The number of para-hydroxylation sites is 1. The lowest BCUT2D eigenvalue weighted by molar-refractivity contribution is -0.225. The first kappa shape index (κ1) is 16.6. The van der Waals surface area contributed by atoms with Crippen molar-refractivity contribution in [2.45, 2.75) is 51.3 Å². The van der Waals surface area contributed by atoms with Crippen LogP contribution in [0.3, 0.4) is 0 Å². The number of amides is 1. The number of fused-ring (bicyclic) bond motifs is 2. The van der Waals surface area contributed by atoms with E-state index in [0.29, 0.717) is 0 Å². The Balaban J connectivity index is 1.54. The third-order valence-electron chi connectivity index (χ3n) is 6.28. The highest BCUT2D eigenvalue weighted by Crippen LogP contribution is 2.57. The number of rotatable bonds is 3. The van der Waals surface area contributed by atoms with Gasteiger partial charge in [0.25, 0.3) is 0 Å². The molecule has 2 heterocycles. The molecular formula is C20H26N2O3. The third kappa shape index (κ3) is 2.26. The molecule has 1 aromatic carbocycles. The zero-order valence-electron chi connectivity index (χ0n) is 15.0. The van der Waals surface area contributed by atoms with E-state index in [2.05, 4.69) is 5.32 Å². The van der Waals surface area contributed by atoms with Gasteiger partial charge in [0, 0.05) is 23.3 Å². The molecule has 1 amide bonds. The van der Waals surface area contributed by atoms with Gasteiger partial charge in [-0.1, -0.05) is 32.0 Å². The summed E-state index contributed by atoms with van der Waals surface area (Å²) < 4.78 is 11.8. The first-order valence-electron chi connectivity index (χ1n) is 9.05. The number of hydrogen-bond acceptors (Lipinski definition) is 4. The Bertz CT molecular complexity index is 779. The highest BCUT2D eigenvalue weighted by molar-refractivity contribution is 5.90. The van der Waals surface area contributed by atoms with Crippen molar-refractivity contribution < 1.29 is 13.9 Å². The fourth-order valence-electron chi connectivity index (χ4n) is 4.64. The second-order valence-corrected chi connectivity index (χ2v) is 8.01. The summed E-state index contributed by atoms with van der Waals surface area (Å²) in [5.41, 5.74) is 6.20. The van der Waals surface area contributed by atoms with Crippen LogP contribution in [0.2, 0.25) is 0 Å². The van der Waals surface area contributed by atoms with Gasteiger partial charge in [-0.05, 0) is 31.9 Å². The Morgan fingerprint density at radius 3 is 2.88 bits per heavy atom. The van der Waals surface area contributed by atoms with Gasteiger partial charge in [0.1, 0.15) is 16.9 Å².